The fourth-order valence-corrected chi connectivity index (χ4v) is 1.31. The largest absolute Gasteiger partial charge is 0.364 e. The highest BCUT2D eigenvalue weighted by molar-refractivity contribution is 5.81. The monoisotopic (exact) mass is 232 g/mol. The van der Waals surface area contributed by atoms with Gasteiger partial charge in [0.15, 0.2) is 0 Å². The molecule has 0 atom stereocenters. The highest BCUT2D eigenvalue weighted by Crippen LogP contribution is 2.10. The molecule has 0 aliphatic rings. The second-order valence-corrected chi connectivity index (χ2v) is 3.72. The van der Waals surface area contributed by atoms with E-state index in [1.54, 1.807) is 23.2 Å². The lowest BCUT2D eigenvalue weighted by atomic mass is 10.3. The standard InChI is InChI=1S/C12H16N4O/c1-3-6-14-12(17)9-16(2)11-5-4-10(7-13)15-8-11/h4-5,8H,3,6,9H2,1-2H3,(H,14,17). The number of aromatic nitrogens is 1. The van der Waals surface area contributed by atoms with Crippen molar-refractivity contribution < 1.29 is 4.79 Å². The lowest BCUT2D eigenvalue weighted by Crippen LogP contribution is -2.35. The Kier molecular flexibility index (Phi) is 4.95. The van der Waals surface area contributed by atoms with Crippen molar-refractivity contribution >= 4 is 11.6 Å². The van der Waals surface area contributed by atoms with Crippen LogP contribution in [0.1, 0.15) is 19.0 Å². The minimum Gasteiger partial charge on any atom is -0.364 e. The van der Waals surface area contributed by atoms with Crippen molar-refractivity contribution in [3.05, 3.63) is 24.0 Å². The summed E-state index contributed by atoms with van der Waals surface area (Å²) in [5.74, 6) is -0.0151. The molecule has 1 amide bonds. The van der Waals surface area contributed by atoms with Gasteiger partial charge in [0.1, 0.15) is 11.8 Å². The molecule has 0 aliphatic heterocycles. The molecule has 1 aromatic rings. The van der Waals surface area contributed by atoms with Crippen molar-refractivity contribution in [1.82, 2.24) is 10.3 Å². The van der Waals surface area contributed by atoms with Crippen LogP contribution in [0.4, 0.5) is 5.69 Å². The lowest BCUT2D eigenvalue weighted by Gasteiger charge is -2.18. The van der Waals surface area contributed by atoms with E-state index >= 15 is 0 Å². The summed E-state index contributed by atoms with van der Waals surface area (Å²) in [5.41, 5.74) is 1.19. The zero-order valence-electron chi connectivity index (χ0n) is 10.1. The molecule has 1 rings (SSSR count). The fourth-order valence-electron chi connectivity index (χ4n) is 1.31. The number of hydrogen-bond acceptors (Lipinski definition) is 4. The lowest BCUT2D eigenvalue weighted by molar-refractivity contribution is -0.119. The number of hydrogen-bond donors (Lipinski definition) is 1. The maximum atomic E-state index is 11.5. The first kappa shape index (κ1) is 13.0. The van der Waals surface area contributed by atoms with Gasteiger partial charge in [-0.25, -0.2) is 4.98 Å². The number of carbonyl (C=O) groups is 1. The van der Waals surface area contributed by atoms with Crippen LogP contribution in [0.25, 0.3) is 0 Å². The summed E-state index contributed by atoms with van der Waals surface area (Å²) in [6.45, 7) is 2.99. The number of anilines is 1. The summed E-state index contributed by atoms with van der Waals surface area (Å²) in [6, 6.07) is 5.36. The topological polar surface area (TPSA) is 69.0 Å². The number of amides is 1. The SMILES string of the molecule is CCCNC(=O)CN(C)c1ccc(C#N)nc1. The van der Waals surface area contributed by atoms with Crippen molar-refractivity contribution in [2.75, 3.05) is 25.0 Å². The van der Waals surface area contributed by atoms with Crippen molar-refractivity contribution in [1.29, 1.82) is 5.26 Å². The Morgan fingerprint density at radius 1 is 1.59 bits per heavy atom. The number of likely N-dealkylation sites (N-methyl/N-ethyl adjacent to an activating group) is 1. The zero-order valence-corrected chi connectivity index (χ0v) is 10.1. The molecule has 0 fully saturated rings. The van der Waals surface area contributed by atoms with Crippen LogP contribution in [0.5, 0.6) is 0 Å². The predicted molar refractivity (Wildman–Crippen MR) is 65.5 cm³/mol. The zero-order chi connectivity index (χ0) is 12.7. The molecule has 0 unspecified atom stereocenters. The second kappa shape index (κ2) is 6.48. The Balaban J connectivity index is 2.54. The summed E-state index contributed by atoms with van der Waals surface area (Å²) in [7, 11) is 1.81. The molecule has 1 heterocycles. The summed E-state index contributed by atoms with van der Waals surface area (Å²) in [4.78, 5) is 17.2. The van der Waals surface area contributed by atoms with Crippen LogP contribution in [-0.4, -0.2) is 31.0 Å². The predicted octanol–water partition coefficient (Wildman–Crippen LogP) is 0.916. The molecule has 0 bridgehead atoms. The van der Waals surface area contributed by atoms with Gasteiger partial charge in [-0.15, -0.1) is 0 Å². The van der Waals surface area contributed by atoms with Gasteiger partial charge in [-0.1, -0.05) is 6.92 Å². The van der Waals surface area contributed by atoms with E-state index in [0.29, 0.717) is 12.2 Å². The maximum absolute atomic E-state index is 11.5. The van der Waals surface area contributed by atoms with Crippen LogP contribution in [0.2, 0.25) is 0 Å². The van der Waals surface area contributed by atoms with Crippen molar-refractivity contribution in [2.45, 2.75) is 13.3 Å². The summed E-state index contributed by atoms with van der Waals surface area (Å²) < 4.78 is 0. The highest BCUT2D eigenvalue weighted by atomic mass is 16.2. The van der Waals surface area contributed by atoms with Gasteiger partial charge in [0, 0.05) is 13.6 Å². The van der Waals surface area contributed by atoms with Gasteiger partial charge in [0.2, 0.25) is 5.91 Å². The first-order valence-electron chi connectivity index (χ1n) is 5.51. The number of carbonyl (C=O) groups excluding carboxylic acids is 1. The average molecular weight is 232 g/mol. The summed E-state index contributed by atoms with van der Waals surface area (Å²) in [6.07, 6.45) is 2.51. The number of nitriles is 1. The minimum atomic E-state index is -0.0151. The molecule has 0 radical (unpaired) electrons. The van der Waals surface area contributed by atoms with E-state index in [0.717, 1.165) is 12.1 Å². The van der Waals surface area contributed by atoms with E-state index in [2.05, 4.69) is 10.3 Å². The second-order valence-electron chi connectivity index (χ2n) is 3.72. The van der Waals surface area contributed by atoms with E-state index in [9.17, 15) is 4.79 Å². The average Bonchev–Trinajstić information content (AvgIpc) is 2.36. The molecule has 5 nitrogen and oxygen atoms in total. The van der Waals surface area contributed by atoms with Gasteiger partial charge in [-0.2, -0.15) is 5.26 Å². The molecule has 0 saturated heterocycles. The van der Waals surface area contributed by atoms with Crippen molar-refractivity contribution in [3.63, 3.8) is 0 Å². The molecule has 0 aliphatic carbocycles. The molecule has 5 heteroatoms. The number of pyridine rings is 1. The van der Waals surface area contributed by atoms with Gasteiger partial charge >= 0.3 is 0 Å². The van der Waals surface area contributed by atoms with Crippen LogP contribution in [0.15, 0.2) is 18.3 Å². The normalized spacial score (nSPS) is 9.47. The van der Waals surface area contributed by atoms with E-state index in [4.69, 9.17) is 5.26 Å². The molecule has 1 aromatic heterocycles. The Morgan fingerprint density at radius 3 is 2.88 bits per heavy atom. The number of nitrogens with one attached hydrogen (secondary N) is 1. The van der Waals surface area contributed by atoms with Crippen LogP contribution in [0, 0.1) is 11.3 Å². The van der Waals surface area contributed by atoms with Gasteiger partial charge in [-0.05, 0) is 18.6 Å². The molecule has 0 aromatic carbocycles. The first-order valence-corrected chi connectivity index (χ1v) is 5.51. The van der Waals surface area contributed by atoms with E-state index in [1.165, 1.54) is 0 Å². The number of rotatable bonds is 5. The fraction of sp³-hybridized carbons (Fsp3) is 0.417. The van der Waals surface area contributed by atoms with Crippen LogP contribution in [-0.2, 0) is 4.79 Å². The van der Waals surface area contributed by atoms with Gasteiger partial charge < -0.3 is 10.2 Å². The van der Waals surface area contributed by atoms with E-state index < -0.39 is 0 Å². The molecule has 1 N–H and O–H groups in total. The summed E-state index contributed by atoms with van der Waals surface area (Å²) in [5, 5.41) is 11.4. The minimum absolute atomic E-state index is 0.0151. The Labute approximate surface area is 101 Å². The molecular weight excluding hydrogens is 216 g/mol. The third-order valence-electron chi connectivity index (χ3n) is 2.26. The Bertz CT molecular complexity index is 408. The van der Waals surface area contributed by atoms with E-state index in [-0.39, 0.29) is 12.5 Å². The first-order chi connectivity index (χ1) is 8.17. The molecule has 0 saturated carbocycles. The van der Waals surface area contributed by atoms with Crippen LogP contribution in [0.3, 0.4) is 0 Å². The highest BCUT2D eigenvalue weighted by Gasteiger charge is 2.06. The third kappa shape index (κ3) is 4.11. The third-order valence-corrected chi connectivity index (χ3v) is 2.26. The quantitative estimate of drug-likeness (QED) is 0.819. The van der Waals surface area contributed by atoms with Crippen molar-refractivity contribution in [3.8, 4) is 6.07 Å². The molecular formula is C12H16N4O. The number of nitrogens with zero attached hydrogens (tertiary/aromatic N) is 3. The van der Waals surface area contributed by atoms with Crippen molar-refractivity contribution in [2.24, 2.45) is 0 Å². The summed E-state index contributed by atoms with van der Waals surface area (Å²) >= 11 is 0. The van der Waals surface area contributed by atoms with Crippen LogP contribution >= 0.6 is 0 Å². The molecule has 90 valence electrons. The molecule has 0 spiro atoms. The Hall–Kier alpha value is -2.09. The smallest absolute Gasteiger partial charge is 0.239 e. The maximum Gasteiger partial charge on any atom is 0.239 e. The molecule has 17 heavy (non-hydrogen) atoms. The van der Waals surface area contributed by atoms with Gasteiger partial charge in [0.05, 0.1) is 18.4 Å². The van der Waals surface area contributed by atoms with E-state index in [1.807, 2.05) is 20.0 Å². The Morgan fingerprint density at radius 2 is 2.35 bits per heavy atom. The van der Waals surface area contributed by atoms with Gasteiger partial charge in [0.25, 0.3) is 0 Å². The van der Waals surface area contributed by atoms with Crippen LogP contribution < -0.4 is 10.2 Å². The van der Waals surface area contributed by atoms with Gasteiger partial charge in [-0.3, -0.25) is 4.79 Å².